The molecule has 2 rings (SSSR count). The van der Waals surface area contributed by atoms with E-state index >= 15 is 0 Å². The lowest BCUT2D eigenvalue weighted by Gasteiger charge is -2.21. The molecule has 0 aliphatic carbocycles. The first-order valence-corrected chi connectivity index (χ1v) is 11.6. The second-order valence-corrected chi connectivity index (χ2v) is 8.12. The largest absolute Gasteiger partial charge is 0.489 e. The van der Waals surface area contributed by atoms with Crippen LogP contribution in [0.15, 0.2) is 30.0 Å². The van der Waals surface area contributed by atoms with Crippen LogP contribution in [0, 0.1) is 5.82 Å². The Morgan fingerprint density at radius 3 is 2.75 bits per heavy atom. The smallest absolute Gasteiger partial charge is 0.242 e. The summed E-state index contributed by atoms with van der Waals surface area (Å²) in [6.45, 7) is 7.32. The van der Waals surface area contributed by atoms with Crippen LogP contribution in [0.5, 0.6) is 5.75 Å². The quantitative estimate of drug-likeness (QED) is 0.570. The van der Waals surface area contributed by atoms with E-state index in [0.29, 0.717) is 39.0 Å². The van der Waals surface area contributed by atoms with Crippen LogP contribution in [-0.2, 0) is 16.0 Å². The van der Waals surface area contributed by atoms with E-state index in [1.54, 1.807) is 6.07 Å². The van der Waals surface area contributed by atoms with Crippen LogP contribution >= 0.6 is 0 Å². The van der Waals surface area contributed by atoms with Gasteiger partial charge in [-0.15, -0.1) is 0 Å². The molecular formula is C24H37FN4O3. The van der Waals surface area contributed by atoms with Crippen molar-refractivity contribution in [1.29, 1.82) is 0 Å². The van der Waals surface area contributed by atoms with Crippen molar-refractivity contribution in [1.82, 2.24) is 21.3 Å². The van der Waals surface area contributed by atoms with Gasteiger partial charge in [0.05, 0.1) is 6.54 Å². The van der Waals surface area contributed by atoms with Crippen molar-refractivity contribution in [3.63, 3.8) is 0 Å². The summed E-state index contributed by atoms with van der Waals surface area (Å²) in [6, 6.07) is 4.32. The van der Waals surface area contributed by atoms with Gasteiger partial charge in [-0.1, -0.05) is 38.5 Å². The normalized spacial score (nSPS) is 23.1. The Hall–Kier alpha value is -2.61. The molecule has 0 saturated carbocycles. The van der Waals surface area contributed by atoms with Crippen LogP contribution in [0.3, 0.4) is 0 Å². The van der Waals surface area contributed by atoms with Crippen LogP contribution in [0.1, 0.15) is 52.0 Å². The number of fused-ring (bicyclic) bond motifs is 1. The van der Waals surface area contributed by atoms with E-state index in [4.69, 9.17) is 4.74 Å². The maximum Gasteiger partial charge on any atom is 0.242 e. The van der Waals surface area contributed by atoms with Crippen LogP contribution in [0.2, 0.25) is 0 Å². The predicted molar refractivity (Wildman–Crippen MR) is 124 cm³/mol. The van der Waals surface area contributed by atoms with E-state index in [1.165, 1.54) is 6.07 Å². The molecule has 1 aliphatic rings. The number of rotatable bonds is 3. The van der Waals surface area contributed by atoms with Gasteiger partial charge in [-0.05, 0) is 44.2 Å². The molecule has 1 aliphatic heterocycles. The topological polar surface area (TPSA) is 91.5 Å². The summed E-state index contributed by atoms with van der Waals surface area (Å²) in [5.74, 6) is -0.529. The number of para-hydroxylation sites is 1. The molecule has 1 heterocycles. The Kier molecular flexibility index (Phi) is 11.0. The first-order valence-electron chi connectivity index (χ1n) is 11.6. The fourth-order valence-corrected chi connectivity index (χ4v) is 3.53. The van der Waals surface area contributed by atoms with Gasteiger partial charge in [0.15, 0.2) is 11.6 Å². The lowest BCUT2D eigenvalue weighted by atomic mass is 10.1. The Balaban J connectivity index is 2.17. The number of allylic oxidation sites excluding steroid dienone is 1. The minimum absolute atomic E-state index is 0.0227. The van der Waals surface area contributed by atoms with Gasteiger partial charge < -0.3 is 26.0 Å². The van der Waals surface area contributed by atoms with E-state index in [9.17, 15) is 14.0 Å². The summed E-state index contributed by atoms with van der Waals surface area (Å²) in [5, 5.41) is 12.2. The zero-order valence-corrected chi connectivity index (χ0v) is 19.4. The number of carbonyl (C=O) groups excluding carboxylic acids is 2. The molecule has 1 aromatic rings. The minimum atomic E-state index is -0.571. The third-order valence-electron chi connectivity index (χ3n) is 5.24. The van der Waals surface area contributed by atoms with Gasteiger partial charge in [0.25, 0.3) is 0 Å². The fraction of sp³-hybridized carbons (Fsp3) is 0.583. The zero-order valence-electron chi connectivity index (χ0n) is 19.4. The molecule has 0 bridgehead atoms. The first-order chi connectivity index (χ1) is 15.4. The molecule has 0 saturated heterocycles. The SMILES string of the molecule is CCC=C1CN[C@@H](C)COc2c(F)cccc2CCCNC(=O)C(CCC)NC(=O)CN1. The van der Waals surface area contributed by atoms with Gasteiger partial charge in [-0.2, -0.15) is 0 Å². The summed E-state index contributed by atoms with van der Waals surface area (Å²) in [6.07, 6.45) is 5.38. The maximum atomic E-state index is 14.4. The number of nitrogens with one attached hydrogen (secondary N) is 4. The average molecular weight is 449 g/mol. The summed E-state index contributed by atoms with van der Waals surface area (Å²) in [5.41, 5.74) is 1.66. The number of halogens is 1. The fourth-order valence-electron chi connectivity index (χ4n) is 3.53. The van der Waals surface area contributed by atoms with Crippen LogP contribution < -0.4 is 26.0 Å². The third-order valence-corrected chi connectivity index (χ3v) is 5.24. The number of amides is 2. The number of carbonyl (C=O) groups is 2. The van der Waals surface area contributed by atoms with Crippen molar-refractivity contribution in [2.45, 2.75) is 65.0 Å². The van der Waals surface area contributed by atoms with Crippen molar-refractivity contribution in [3.05, 3.63) is 41.4 Å². The highest BCUT2D eigenvalue weighted by molar-refractivity contribution is 5.88. The van der Waals surface area contributed by atoms with Crippen molar-refractivity contribution in [2.24, 2.45) is 0 Å². The Morgan fingerprint density at radius 2 is 2.00 bits per heavy atom. The Labute approximate surface area is 190 Å². The van der Waals surface area contributed by atoms with Crippen LogP contribution in [0.4, 0.5) is 4.39 Å². The van der Waals surface area contributed by atoms with Crippen molar-refractivity contribution in [2.75, 3.05) is 26.2 Å². The molecule has 0 spiro atoms. The molecule has 8 heteroatoms. The molecule has 2 amide bonds. The maximum absolute atomic E-state index is 14.4. The lowest BCUT2D eigenvalue weighted by molar-refractivity contribution is -0.128. The van der Waals surface area contributed by atoms with Gasteiger partial charge >= 0.3 is 0 Å². The average Bonchev–Trinajstić information content (AvgIpc) is 2.77. The van der Waals surface area contributed by atoms with E-state index in [0.717, 1.165) is 24.1 Å². The van der Waals surface area contributed by atoms with E-state index in [-0.39, 0.29) is 36.0 Å². The Bertz CT molecular complexity index is 785. The molecule has 32 heavy (non-hydrogen) atoms. The minimum Gasteiger partial charge on any atom is -0.489 e. The lowest BCUT2D eigenvalue weighted by Crippen LogP contribution is -2.49. The second-order valence-electron chi connectivity index (χ2n) is 8.12. The number of hydrogen-bond acceptors (Lipinski definition) is 5. The van der Waals surface area contributed by atoms with Gasteiger partial charge in [0.2, 0.25) is 11.8 Å². The molecule has 4 N–H and O–H groups in total. The number of benzene rings is 1. The summed E-state index contributed by atoms with van der Waals surface area (Å²) < 4.78 is 20.2. The standard InChI is InChI=1S/C24H37FN4O3/c1-4-8-19-14-27-17(3)16-32-23-18(10-6-12-20(23)25)11-7-13-26-24(31)21(9-5-2)29-22(30)15-28-19/h6,8,10,12,17,21,27-28H,4-5,7,9,11,13-16H2,1-3H3,(H,26,31)(H,29,30)/t17-,21?/m0/s1. The van der Waals surface area contributed by atoms with E-state index in [1.807, 2.05) is 32.9 Å². The summed E-state index contributed by atoms with van der Waals surface area (Å²) in [7, 11) is 0. The highest BCUT2D eigenvalue weighted by Crippen LogP contribution is 2.24. The number of aryl methyl sites for hydroxylation is 1. The second kappa shape index (κ2) is 13.7. The van der Waals surface area contributed by atoms with Crippen molar-refractivity contribution < 1.29 is 18.7 Å². The molecule has 0 radical (unpaired) electrons. The van der Waals surface area contributed by atoms with Gasteiger partial charge in [-0.25, -0.2) is 4.39 Å². The van der Waals surface area contributed by atoms with Gasteiger partial charge in [0.1, 0.15) is 12.6 Å². The number of hydrogen-bond donors (Lipinski definition) is 4. The summed E-state index contributed by atoms with van der Waals surface area (Å²) in [4.78, 5) is 25.0. The molecule has 2 atom stereocenters. The monoisotopic (exact) mass is 448 g/mol. The molecule has 7 nitrogen and oxygen atoms in total. The van der Waals surface area contributed by atoms with Crippen LogP contribution in [0.25, 0.3) is 0 Å². The number of ether oxygens (including phenoxy) is 1. The molecule has 1 unspecified atom stereocenters. The predicted octanol–water partition coefficient (Wildman–Crippen LogP) is 2.41. The molecule has 178 valence electrons. The molecule has 0 fully saturated rings. The molecule has 1 aromatic carbocycles. The van der Waals surface area contributed by atoms with E-state index < -0.39 is 6.04 Å². The molecule has 0 aromatic heterocycles. The van der Waals surface area contributed by atoms with Gasteiger partial charge in [-0.3, -0.25) is 9.59 Å². The zero-order chi connectivity index (χ0) is 23.3. The van der Waals surface area contributed by atoms with E-state index in [2.05, 4.69) is 21.3 Å². The highest BCUT2D eigenvalue weighted by Gasteiger charge is 2.20. The molecular weight excluding hydrogens is 411 g/mol. The van der Waals surface area contributed by atoms with Crippen LogP contribution in [-0.4, -0.2) is 50.1 Å². The van der Waals surface area contributed by atoms with Crippen molar-refractivity contribution >= 4 is 11.8 Å². The third kappa shape index (κ3) is 8.49. The van der Waals surface area contributed by atoms with Gasteiger partial charge in [0, 0.05) is 24.8 Å². The highest BCUT2D eigenvalue weighted by atomic mass is 19.1. The summed E-state index contributed by atoms with van der Waals surface area (Å²) >= 11 is 0. The first kappa shape index (κ1) is 25.6. The Morgan fingerprint density at radius 1 is 1.19 bits per heavy atom. The van der Waals surface area contributed by atoms with Crippen molar-refractivity contribution in [3.8, 4) is 5.75 Å².